The van der Waals surface area contributed by atoms with Crippen molar-refractivity contribution in [3.05, 3.63) is 147 Å². The van der Waals surface area contributed by atoms with Gasteiger partial charge in [0.1, 0.15) is 34.2 Å². The molecule has 4 atom stereocenters. The number of halogens is 5. The molecule has 4 aliphatic heterocycles. The number of carboxylic acids is 2. The summed E-state index contributed by atoms with van der Waals surface area (Å²) in [5.41, 5.74) is 8.44. The van der Waals surface area contributed by atoms with Crippen molar-refractivity contribution in [2.45, 2.75) is 72.1 Å². The van der Waals surface area contributed by atoms with Crippen LogP contribution in [0.2, 0.25) is 20.1 Å². The number of amides is 4. The van der Waals surface area contributed by atoms with E-state index in [9.17, 15) is 43.5 Å². The number of pyridine rings is 1. The van der Waals surface area contributed by atoms with E-state index in [1.54, 1.807) is 23.9 Å². The van der Waals surface area contributed by atoms with E-state index < -0.39 is 58.5 Å². The zero-order valence-corrected chi connectivity index (χ0v) is 55.3. The van der Waals surface area contributed by atoms with E-state index in [4.69, 9.17) is 80.1 Å². The van der Waals surface area contributed by atoms with Crippen molar-refractivity contribution in [2.75, 3.05) is 48.9 Å². The lowest BCUT2D eigenvalue weighted by atomic mass is 10.0. The maximum absolute atomic E-state index is 13.2. The standard InChI is InChI=1S/C30H30Cl2N2O6S3.C19H15Cl3N2O6S2.C8H11NS/c1-15-8-20(9-16(2)17(15)3)41-12-19-13-43-29-26(28(37)34(29)27(19)30(38)40-5)33-24(35)14-42-23-11-21(31)18(10-22(23)32)6-7-25(36)39-4;20-5-9-6-32-18-15(17(28)24(18)16(9)19(29)30)23-13(25)7-31-12-4-10(21)8(3-11(12)22)1-2-14(26)27;1-6-4-8(10)5-7(2)9(6)3/h6-11,26,29H,12-14H2,1-5H3,(H,33,35);1-4,15,18H,5-7H2,(H,23,25)(H,26,27)(H,29,30);4-5H,1-3H3/b7-6+;2-1+;. The maximum atomic E-state index is 13.2. The van der Waals surface area contributed by atoms with Gasteiger partial charge in [0.05, 0.1) is 35.8 Å². The molecule has 0 saturated carbocycles. The van der Waals surface area contributed by atoms with Gasteiger partial charge in [-0.3, -0.25) is 29.0 Å². The molecule has 0 radical (unpaired) electrons. The van der Waals surface area contributed by atoms with Crippen LogP contribution < -0.4 is 10.6 Å². The number of nitrogens with one attached hydrogen (secondary N) is 2. The van der Waals surface area contributed by atoms with Gasteiger partial charge in [0, 0.05) is 83.0 Å². The summed E-state index contributed by atoms with van der Waals surface area (Å²) in [5.74, 6) is -3.75. The van der Waals surface area contributed by atoms with Crippen molar-refractivity contribution in [3.8, 4) is 0 Å². The van der Waals surface area contributed by atoms with E-state index in [2.05, 4.69) is 66.7 Å². The largest absolute Gasteiger partial charge is 0.478 e. The maximum Gasteiger partial charge on any atom is 0.354 e. The van der Waals surface area contributed by atoms with Crippen LogP contribution in [0.5, 0.6) is 0 Å². The number of β-lactam (4-membered cyclic amide) rings is 2. The molecule has 4 amide bonds. The van der Waals surface area contributed by atoms with Crippen molar-refractivity contribution in [2.24, 2.45) is 7.05 Å². The van der Waals surface area contributed by atoms with Gasteiger partial charge in [0.15, 0.2) is 0 Å². The van der Waals surface area contributed by atoms with Gasteiger partial charge in [-0.05, 0) is 134 Å². The van der Waals surface area contributed by atoms with Crippen LogP contribution in [0.25, 0.3) is 12.2 Å². The van der Waals surface area contributed by atoms with E-state index >= 15 is 0 Å². The molecule has 0 aliphatic carbocycles. The lowest BCUT2D eigenvalue weighted by molar-refractivity contribution is -0.151. The number of alkyl halides is 1. The average Bonchev–Trinajstić information content (AvgIpc) is 0.943. The Morgan fingerprint density at radius 2 is 1.14 bits per heavy atom. The second-order valence-corrected chi connectivity index (χ2v) is 26.6. The third kappa shape index (κ3) is 17.4. The molecule has 0 bridgehead atoms. The Bertz CT molecular complexity index is 3510. The lowest BCUT2D eigenvalue weighted by Crippen LogP contribution is -2.70. The van der Waals surface area contributed by atoms with E-state index in [0.717, 1.165) is 37.7 Å². The number of esters is 2. The Labute approximate surface area is 542 Å². The molecular formula is C57H56Cl5N5O12S6. The first-order valence-electron chi connectivity index (χ1n) is 25.2. The van der Waals surface area contributed by atoms with Gasteiger partial charge in [-0.2, -0.15) is 0 Å². The summed E-state index contributed by atoms with van der Waals surface area (Å²) >= 11 is 42.6. The van der Waals surface area contributed by atoms with Gasteiger partial charge in [0.25, 0.3) is 11.8 Å². The van der Waals surface area contributed by atoms with Crippen molar-refractivity contribution in [3.63, 3.8) is 0 Å². The second kappa shape index (κ2) is 31.2. The Balaban J connectivity index is 0.000000240. The molecule has 4 aliphatic rings. The van der Waals surface area contributed by atoms with Crippen LogP contribution in [0.1, 0.15) is 39.2 Å². The smallest absolute Gasteiger partial charge is 0.354 e. The molecule has 85 heavy (non-hydrogen) atoms. The van der Waals surface area contributed by atoms with Crippen molar-refractivity contribution >= 4 is 189 Å². The number of methoxy groups -OCH3 is 2. The molecule has 17 nitrogen and oxygen atoms in total. The van der Waals surface area contributed by atoms with Crippen molar-refractivity contribution < 1.29 is 58.0 Å². The number of aryl methyl sites for hydroxylation is 4. The van der Waals surface area contributed by atoms with Crippen LogP contribution in [0.3, 0.4) is 0 Å². The first-order valence-corrected chi connectivity index (χ1v) is 32.8. The predicted molar refractivity (Wildman–Crippen MR) is 344 cm³/mol. The number of ether oxygens (including phenoxy) is 2. The molecule has 4 aromatic rings. The third-order valence-electron chi connectivity index (χ3n) is 13.4. The van der Waals surface area contributed by atoms with E-state index in [1.165, 1.54) is 113 Å². The number of aliphatic carboxylic acids is 2. The SMILES string of the molecule is COC(=O)/C=C/c1cc(Cl)c(SCC(=O)NC2C(=O)N3C(C(=O)OC)=C(CSc4cc(C)c(C)c(C)c4)CSC23)cc1Cl.Cc1cc(=S)cc(C)n1C.O=C(O)/C=C/c1cc(Cl)c(SCC(=O)NC2C(=O)N3C(C(=O)O)=C(CCl)CSC23)cc1Cl. The highest BCUT2D eigenvalue weighted by molar-refractivity contribution is 8.01. The topological polar surface area (TPSA) is 231 Å². The second-order valence-electron chi connectivity index (χ2n) is 19.0. The summed E-state index contributed by atoms with van der Waals surface area (Å²) in [6, 6.07) is 12.9. The molecule has 8 rings (SSSR count). The number of carbonyl (C=O) groups is 8. The monoisotopic (exact) mass is 1370 g/mol. The predicted octanol–water partition coefficient (Wildman–Crippen LogP) is 11.3. The van der Waals surface area contributed by atoms with Gasteiger partial charge in [0.2, 0.25) is 11.8 Å². The molecule has 1 aromatic heterocycles. The number of fused-ring (bicyclic) bond motifs is 2. The summed E-state index contributed by atoms with van der Waals surface area (Å²) in [7, 11) is 4.61. The number of hydrogen-bond acceptors (Lipinski definition) is 16. The van der Waals surface area contributed by atoms with Gasteiger partial charge in [-0.15, -0.1) is 70.4 Å². The molecule has 2 saturated heterocycles. The zero-order valence-electron chi connectivity index (χ0n) is 46.6. The Kier molecular flexibility index (Phi) is 25.4. The van der Waals surface area contributed by atoms with E-state index in [1.807, 2.05) is 19.2 Å². The number of carbonyl (C=O) groups excluding carboxylic acids is 6. The van der Waals surface area contributed by atoms with E-state index in [-0.39, 0.29) is 50.6 Å². The van der Waals surface area contributed by atoms with Crippen LogP contribution in [-0.4, -0.2) is 144 Å². The molecule has 4 N–H and O–H groups in total. The molecule has 452 valence electrons. The minimum Gasteiger partial charge on any atom is -0.478 e. The number of aromatic nitrogens is 1. The first-order chi connectivity index (χ1) is 40.2. The molecule has 3 aromatic carbocycles. The fraction of sp³-hybridized carbons (Fsp3) is 0.316. The van der Waals surface area contributed by atoms with Crippen molar-refractivity contribution in [1.82, 2.24) is 25.0 Å². The number of rotatable bonds is 18. The first kappa shape index (κ1) is 69.1. The van der Waals surface area contributed by atoms with Crippen LogP contribution in [0.15, 0.2) is 97.9 Å². The number of hydrogen-bond donors (Lipinski definition) is 4. The van der Waals surface area contributed by atoms with Crippen LogP contribution in [0, 0.1) is 39.1 Å². The highest BCUT2D eigenvalue weighted by Gasteiger charge is 2.55. The summed E-state index contributed by atoms with van der Waals surface area (Å²) in [5, 5.41) is 23.9. The molecule has 2 fully saturated rings. The van der Waals surface area contributed by atoms with Crippen LogP contribution >= 0.6 is 129 Å². The lowest BCUT2D eigenvalue weighted by Gasteiger charge is -2.49. The Morgan fingerprint density at radius 3 is 1.59 bits per heavy atom. The highest BCUT2D eigenvalue weighted by Crippen LogP contribution is 2.44. The van der Waals surface area contributed by atoms with Crippen LogP contribution in [0.4, 0.5) is 0 Å². The minimum absolute atomic E-state index is 0.00695. The van der Waals surface area contributed by atoms with Gasteiger partial charge in [-0.1, -0.05) is 58.6 Å². The quantitative estimate of drug-likeness (QED) is 0.0181. The Morgan fingerprint density at radius 1 is 0.671 bits per heavy atom. The van der Waals surface area contributed by atoms with Crippen LogP contribution in [-0.2, 0) is 54.9 Å². The number of thioether (sulfide) groups is 5. The summed E-state index contributed by atoms with van der Waals surface area (Å²) in [6.07, 6.45) is 4.96. The highest BCUT2D eigenvalue weighted by atomic mass is 35.5. The number of benzene rings is 3. The minimum atomic E-state index is -1.23. The molecule has 0 spiro atoms. The molecule has 5 heterocycles. The Hall–Kier alpha value is -5.05. The van der Waals surface area contributed by atoms with Gasteiger partial charge in [-0.25, -0.2) is 19.2 Å². The molecular weight excluding hydrogens is 1320 g/mol. The normalized spacial score (nSPS) is 17.8. The summed E-state index contributed by atoms with van der Waals surface area (Å²) < 4.78 is 12.7. The average molecular weight is 1370 g/mol. The van der Waals surface area contributed by atoms with Gasteiger partial charge < -0.3 is 34.9 Å². The number of nitrogens with zero attached hydrogens (tertiary/aromatic N) is 3. The fourth-order valence-electron chi connectivity index (χ4n) is 8.51. The molecule has 4 unspecified atom stereocenters. The van der Waals surface area contributed by atoms with Gasteiger partial charge >= 0.3 is 23.9 Å². The molecule has 28 heteroatoms. The van der Waals surface area contributed by atoms with E-state index in [0.29, 0.717) is 53.8 Å². The zero-order chi connectivity index (χ0) is 62.7. The summed E-state index contributed by atoms with van der Waals surface area (Å²) in [4.78, 5) is 102. The summed E-state index contributed by atoms with van der Waals surface area (Å²) in [6.45, 7) is 10.4. The fourth-order valence-corrected chi connectivity index (χ4v) is 15.9. The number of carboxylic acid groups (broad SMARTS) is 2. The third-order valence-corrected chi connectivity index (χ3v) is 21.3. The van der Waals surface area contributed by atoms with Crippen molar-refractivity contribution in [1.29, 1.82) is 0 Å².